The fourth-order valence-electron chi connectivity index (χ4n) is 2.99. The number of nitro benzene ring substituents is 1. The molecule has 142 valence electrons. The monoisotopic (exact) mass is 387 g/mol. The second-order valence-electron chi connectivity index (χ2n) is 6.11. The molecule has 0 aliphatic carbocycles. The summed E-state index contributed by atoms with van der Waals surface area (Å²) in [6.45, 7) is 0.873. The average Bonchev–Trinajstić information content (AvgIpc) is 2.68. The summed E-state index contributed by atoms with van der Waals surface area (Å²) in [6.07, 6.45) is 0.826. The van der Waals surface area contributed by atoms with Crippen LogP contribution in [0, 0.1) is 10.1 Å². The second-order valence-corrected chi connectivity index (χ2v) is 7.25. The number of carbonyl (C=O) groups is 1. The lowest BCUT2D eigenvalue weighted by molar-refractivity contribution is -0.384. The molecule has 8 heteroatoms. The summed E-state index contributed by atoms with van der Waals surface area (Å²) in [5.41, 5.74) is 1.61. The van der Waals surface area contributed by atoms with Crippen LogP contribution >= 0.6 is 11.8 Å². The highest BCUT2D eigenvalue weighted by atomic mass is 32.2. The predicted molar refractivity (Wildman–Crippen MR) is 105 cm³/mol. The molecule has 2 N–H and O–H groups in total. The van der Waals surface area contributed by atoms with Crippen molar-refractivity contribution in [2.45, 2.75) is 17.4 Å². The largest absolute Gasteiger partial charge is 0.383 e. The van der Waals surface area contributed by atoms with Crippen LogP contribution in [0.4, 0.5) is 11.4 Å². The Labute approximate surface area is 161 Å². The fourth-order valence-corrected chi connectivity index (χ4v) is 4.12. The quantitative estimate of drug-likeness (QED) is 0.428. The lowest BCUT2D eigenvalue weighted by Crippen LogP contribution is -2.30. The van der Waals surface area contributed by atoms with E-state index in [0.717, 1.165) is 22.6 Å². The van der Waals surface area contributed by atoms with Gasteiger partial charge in [0.05, 0.1) is 17.6 Å². The summed E-state index contributed by atoms with van der Waals surface area (Å²) >= 11 is 1.77. The second kappa shape index (κ2) is 8.88. The van der Waals surface area contributed by atoms with Crippen molar-refractivity contribution in [2.24, 2.45) is 0 Å². The molecule has 2 aromatic carbocycles. The van der Waals surface area contributed by atoms with Crippen molar-refractivity contribution >= 4 is 29.0 Å². The van der Waals surface area contributed by atoms with Crippen molar-refractivity contribution in [1.82, 2.24) is 5.32 Å². The predicted octanol–water partition coefficient (Wildman–Crippen LogP) is 3.62. The molecule has 1 amide bonds. The number of carbonyl (C=O) groups excluding carboxylic acids is 1. The molecule has 3 rings (SSSR count). The minimum atomic E-state index is -0.488. The number of hydrogen-bond donors (Lipinski definition) is 2. The number of ether oxygens (including phenoxy) is 1. The molecular formula is C19H21N3O4S. The summed E-state index contributed by atoms with van der Waals surface area (Å²) in [6, 6.07) is 12.4. The molecule has 1 atom stereocenters. The zero-order chi connectivity index (χ0) is 19.2. The maximum Gasteiger partial charge on any atom is 0.293 e. The third-order valence-corrected chi connectivity index (χ3v) is 5.46. The van der Waals surface area contributed by atoms with E-state index < -0.39 is 4.92 Å². The minimum Gasteiger partial charge on any atom is -0.383 e. The van der Waals surface area contributed by atoms with E-state index in [1.165, 1.54) is 6.07 Å². The normalized spacial score (nSPS) is 15.7. The zero-order valence-electron chi connectivity index (χ0n) is 14.9. The van der Waals surface area contributed by atoms with E-state index in [-0.39, 0.29) is 23.2 Å². The Kier molecular flexibility index (Phi) is 6.31. The van der Waals surface area contributed by atoms with Gasteiger partial charge in [-0.2, -0.15) is 0 Å². The molecule has 1 aliphatic rings. The van der Waals surface area contributed by atoms with Crippen LogP contribution < -0.4 is 10.6 Å². The minimum absolute atomic E-state index is 0.0893. The lowest BCUT2D eigenvalue weighted by atomic mass is 10.0. The third kappa shape index (κ3) is 4.58. The molecule has 0 saturated heterocycles. The van der Waals surface area contributed by atoms with E-state index in [2.05, 4.69) is 10.6 Å². The Morgan fingerprint density at radius 3 is 2.93 bits per heavy atom. The number of nitro groups is 1. The van der Waals surface area contributed by atoms with Crippen LogP contribution in [0.5, 0.6) is 0 Å². The molecule has 0 radical (unpaired) electrons. The van der Waals surface area contributed by atoms with Crippen molar-refractivity contribution in [3.63, 3.8) is 0 Å². The van der Waals surface area contributed by atoms with Gasteiger partial charge in [-0.15, -0.1) is 11.8 Å². The smallest absolute Gasteiger partial charge is 0.293 e. The summed E-state index contributed by atoms with van der Waals surface area (Å²) in [5, 5.41) is 17.4. The lowest BCUT2D eigenvalue weighted by Gasteiger charge is -2.25. The van der Waals surface area contributed by atoms with Crippen molar-refractivity contribution in [3.05, 3.63) is 63.7 Å². The van der Waals surface area contributed by atoms with Gasteiger partial charge >= 0.3 is 0 Å². The van der Waals surface area contributed by atoms with Crippen molar-refractivity contribution in [1.29, 1.82) is 0 Å². The molecule has 2 aromatic rings. The van der Waals surface area contributed by atoms with Crippen molar-refractivity contribution in [2.75, 3.05) is 31.3 Å². The van der Waals surface area contributed by atoms with Gasteiger partial charge in [0.2, 0.25) is 0 Å². The van der Waals surface area contributed by atoms with E-state index >= 15 is 0 Å². The van der Waals surface area contributed by atoms with Gasteiger partial charge in [-0.05, 0) is 30.2 Å². The highest BCUT2D eigenvalue weighted by Crippen LogP contribution is 2.36. The van der Waals surface area contributed by atoms with Crippen LogP contribution in [0.2, 0.25) is 0 Å². The van der Waals surface area contributed by atoms with Gasteiger partial charge in [-0.25, -0.2) is 0 Å². The molecule has 27 heavy (non-hydrogen) atoms. The van der Waals surface area contributed by atoms with Crippen molar-refractivity contribution < 1.29 is 14.5 Å². The first-order chi connectivity index (χ1) is 13.1. The SMILES string of the molecule is COCCNc1ccc(C(=O)N[C@H]2CCSc3ccccc32)cc1[N+](=O)[O-]. The number of methoxy groups -OCH3 is 1. The fraction of sp³-hybridized carbons (Fsp3) is 0.316. The molecule has 1 aliphatic heterocycles. The van der Waals surface area contributed by atoms with Crippen LogP contribution in [0.15, 0.2) is 47.4 Å². The van der Waals surface area contributed by atoms with Gasteiger partial charge in [0.25, 0.3) is 11.6 Å². The van der Waals surface area contributed by atoms with E-state index in [0.29, 0.717) is 18.8 Å². The van der Waals surface area contributed by atoms with E-state index in [1.54, 1.807) is 31.0 Å². The number of amides is 1. The van der Waals surface area contributed by atoms with Gasteiger partial charge in [-0.1, -0.05) is 18.2 Å². The topological polar surface area (TPSA) is 93.5 Å². The maximum atomic E-state index is 12.7. The average molecular weight is 387 g/mol. The molecular weight excluding hydrogens is 366 g/mol. The first kappa shape index (κ1) is 19.2. The van der Waals surface area contributed by atoms with Gasteiger partial charge in [0, 0.05) is 35.9 Å². The highest BCUT2D eigenvalue weighted by Gasteiger charge is 2.24. The summed E-state index contributed by atoms with van der Waals surface area (Å²) in [7, 11) is 1.56. The van der Waals surface area contributed by atoms with Crippen molar-refractivity contribution in [3.8, 4) is 0 Å². The molecule has 1 heterocycles. The molecule has 0 saturated carbocycles. The number of thioether (sulfide) groups is 1. The van der Waals surface area contributed by atoms with Gasteiger partial charge < -0.3 is 15.4 Å². The third-order valence-electron chi connectivity index (χ3n) is 4.34. The zero-order valence-corrected chi connectivity index (χ0v) is 15.8. The van der Waals surface area contributed by atoms with E-state index in [9.17, 15) is 14.9 Å². The summed E-state index contributed by atoms with van der Waals surface area (Å²) < 4.78 is 4.94. The Balaban J connectivity index is 1.77. The molecule has 0 spiro atoms. The molecule has 7 nitrogen and oxygen atoms in total. The molecule has 0 bridgehead atoms. The van der Waals surface area contributed by atoms with Gasteiger partial charge in [0.15, 0.2) is 0 Å². The highest BCUT2D eigenvalue weighted by molar-refractivity contribution is 7.99. The molecule has 0 fully saturated rings. The molecule has 0 unspecified atom stereocenters. The standard InChI is InChI=1S/C19H21N3O4S/c1-26-10-9-20-16-7-6-13(12-17(16)22(24)25)19(23)21-15-8-11-27-18-5-3-2-4-14(15)18/h2-7,12,15,20H,8-11H2,1H3,(H,21,23)/t15-/m0/s1. The number of nitrogens with one attached hydrogen (secondary N) is 2. The number of anilines is 1. The Hall–Kier alpha value is -2.58. The number of nitrogens with zero attached hydrogens (tertiary/aromatic N) is 1. The van der Waals surface area contributed by atoms with Crippen LogP contribution in [-0.4, -0.2) is 36.8 Å². The van der Waals surface area contributed by atoms with Crippen LogP contribution in [0.25, 0.3) is 0 Å². The summed E-state index contributed by atoms with van der Waals surface area (Å²) in [4.78, 5) is 24.7. The number of rotatable bonds is 7. The van der Waals surface area contributed by atoms with Gasteiger partial charge in [0.1, 0.15) is 5.69 Å². The number of fused-ring (bicyclic) bond motifs is 1. The number of benzene rings is 2. The Morgan fingerprint density at radius 1 is 1.33 bits per heavy atom. The first-order valence-electron chi connectivity index (χ1n) is 8.64. The van der Waals surface area contributed by atoms with Crippen LogP contribution in [-0.2, 0) is 4.74 Å². The molecule has 0 aromatic heterocycles. The van der Waals surface area contributed by atoms with Gasteiger partial charge in [-0.3, -0.25) is 14.9 Å². The Bertz CT molecular complexity index is 843. The number of hydrogen-bond acceptors (Lipinski definition) is 6. The first-order valence-corrected chi connectivity index (χ1v) is 9.62. The van der Waals surface area contributed by atoms with Crippen LogP contribution in [0.1, 0.15) is 28.4 Å². The summed E-state index contributed by atoms with van der Waals surface area (Å²) in [5.74, 6) is 0.609. The maximum absolute atomic E-state index is 12.7. The Morgan fingerprint density at radius 2 is 2.15 bits per heavy atom. The van der Waals surface area contributed by atoms with E-state index in [4.69, 9.17) is 4.74 Å². The van der Waals surface area contributed by atoms with E-state index in [1.807, 2.05) is 24.3 Å². The van der Waals surface area contributed by atoms with Crippen LogP contribution in [0.3, 0.4) is 0 Å².